The number of methoxy groups -OCH3 is 1. The van der Waals surface area contributed by atoms with Crippen LogP contribution in [0.25, 0.3) is 0 Å². The Morgan fingerprint density at radius 2 is 2.33 bits per heavy atom. The predicted octanol–water partition coefficient (Wildman–Crippen LogP) is 1.57. The summed E-state index contributed by atoms with van der Waals surface area (Å²) in [4.78, 5) is 10.4. The highest BCUT2D eigenvalue weighted by molar-refractivity contribution is 5.66. The lowest BCUT2D eigenvalue weighted by molar-refractivity contribution is -0.137. The molecular weight excluding hydrogens is 239 g/mol. The number of carboxylic acids is 1. The fourth-order valence-corrected chi connectivity index (χ4v) is 1.56. The van der Waals surface area contributed by atoms with Gasteiger partial charge in [-0.05, 0) is 24.1 Å². The molecule has 0 aromatic heterocycles. The zero-order valence-electron chi connectivity index (χ0n) is 9.81. The number of rotatable bonds is 5. The third-order valence-corrected chi connectivity index (χ3v) is 2.49. The van der Waals surface area contributed by atoms with Crippen molar-refractivity contribution >= 4 is 5.97 Å². The highest BCUT2D eigenvalue weighted by Gasteiger charge is 2.15. The number of carboxylic acid groups (broad SMARTS) is 1. The van der Waals surface area contributed by atoms with E-state index in [9.17, 15) is 9.18 Å². The normalized spacial score (nSPS) is 11.7. The SMILES string of the molecule is COc1c(F)cc(C(N)CCC(=O)O)cc1C#N. The van der Waals surface area contributed by atoms with Crippen LogP contribution in [0.15, 0.2) is 12.1 Å². The average Bonchev–Trinajstić information content (AvgIpc) is 2.34. The van der Waals surface area contributed by atoms with E-state index in [0.717, 1.165) is 6.07 Å². The molecule has 0 amide bonds. The van der Waals surface area contributed by atoms with Gasteiger partial charge in [-0.15, -0.1) is 0 Å². The van der Waals surface area contributed by atoms with Crippen molar-refractivity contribution < 1.29 is 19.0 Å². The molecule has 1 unspecified atom stereocenters. The first-order valence-electron chi connectivity index (χ1n) is 5.24. The first kappa shape index (κ1) is 13.9. The number of ether oxygens (including phenoxy) is 1. The fourth-order valence-electron chi connectivity index (χ4n) is 1.56. The summed E-state index contributed by atoms with van der Waals surface area (Å²) in [6.45, 7) is 0. The molecule has 0 aliphatic rings. The minimum atomic E-state index is -0.972. The minimum absolute atomic E-state index is 0.0401. The molecule has 0 aliphatic carbocycles. The summed E-state index contributed by atoms with van der Waals surface area (Å²) in [6.07, 6.45) is 0.0582. The zero-order chi connectivity index (χ0) is 13.7. The average molecular weight is 252 g/mol. The quantitative estimate of drug-likeness (QED) is 0.829. The van der Waals surface area contributed by atoms with Crippen LogP contribution in [-0.2, 0) is 4.79 Å². The summed E-state index contributed by atoms with van der Waals surface area (Å²) in [5, 5.41) is 17.4. The molecule has 1 aromatic rings. The summed E-state index contributed by atoms with van der Waals surface area (Å²) in [5.74, 6) is -1.79. The van der Waals surface area contributed by atoms with Crippen LogP contribution in [-0.4, -0.2) is 18.2 Å². The Balaban J connectivity index is 3.01. The molecular formula is C12H13FN2O3. The fraction of sp³-hybridized carbons (Fsp3) is 0.333. The standard InChI is InChI=1S/C12H13FN2O3/c1-18-12-8(6-14)4-7(5-9(12)13)10(15)2-3-11(16)17/h4-5,10H,2-3,15H2,1H3,(H,16,17). The largest absolute Gasteiger partial charge is 0.492 e. The minimum Gasteiger partial charge on any atom is -0.492 e. The molecule has 0 radical (unpaired) electrons. The van der Waals surface area contributed by atoms with Crippen LogP contribution in [0.2, 0.25) is 0 Å². The monoisotopic (exact) mass is 252 g/mol. The van der Waals surface area contributed by atoms with Crippen molar-refractivity contribution in [2.45, 2.75) is 18.9 Å². The van der Waals surface area contributed by atoms with Gasteiger partial charge in [0.05, 0.1) is 12.7 Å². The zero-order valence-corrected chi connectivity index (χ0v) is 9.81. The molecule has 0 aliphatic heterocycles. The Kier molecular flexibility index (Phi) is 4.63. The van der Waals surface area contributed by atoms with Crippen molar-refractivity contribution in [1.29, 1.82) is 5.26 Å². The molecule has 1 rings (SSSR count). The van der Waals surface area contributed by atoms with E-state index in [2.05, 4.69) is 0 Å². The Morgan fingerprint density at radius 3 is 2.83 bits per heavy atom. The van der Waals surface area contributed by atoms with Crippen LogP contribution in [0.4, 0.5) is 4.39 Å². The Hall–Kier alpha value is -2.13. The number of hydrogen-bond donors (Lipinski definition) is 2. The van der Waals surface area contributed by atoms with Gasteiger partial charge in [-0.2, -0.15) is 5.26 Å². The smallest absolute Gasteiger partial charge is 0.303 e. The number of carbonyl (C=O) groups is 1. The number of aliphatic carboxylic acids is 1. The lowest BCUT2D eigenvalue weighted by Gasteiger charge is -2.13. The molecule has 5 nitrogen and oxygen atoms in total. The first-order valence-corrected chi connectivity index (χ1v) is 5.24. The third-order valence-electron chi connectivity index (χ3n) is 2.49. The summed E-state index contributed by atoms with van der Waals surface area (Å²) in [6, 6.07) is 3.75. The Bertz CT molecular complexity index is 497. The molecule has 0 saturated heterocycles. The maximum absolute atomic E-state index is 13.6. The van der Waals surface area contributed by atoms with Gasteiger partial charge in [-0.3, -0.25) is 4.79 Å². The molecule has 0 fully saturated rings. The van der Waals surface area contributed by atoms with Gasteiger partial charge in [-0.25, -0.2) is 4.39 Å². The van der Waals surface area contributed by atoms with Gasteiger partial charge in [0.1, 0.15) is 6.07 Å². The van der Waals surface area contributed by atoms with E-state index in [-0.39, 0.29) is 24.2 Å². The highest BCUT2D eigenvalue weighted by atomic mass is 19.1. The molecule has 0 spiro atoms. The molecule has 1 aromatic carbocycles. The second kappa shape index (κ2) is 5.98. The maximum atomic E-state index is 13.6. The van der Waals surface area contributed by atoms with E-state index >= 15 is 0 Å². The molecule has 0 heterocycles. The van der Waals surface area contributed by atoms with E-state index in [0.29, 0.717) is 5.56 Å². The predicted molar refractivity (Wildman–Crippen MR) is 61.5 cm³/mol. The van der Waals surface area contributed by atoms with Gasteiger partial charge in [0.15, 0.2) is 11.6 Å². The maximum Gasteiger partial charge on any atom is 0.303 e. The molecule has 3 N–H and O–H groups in total. The van der Waals surface area contributed by atoms with Crippen molar-refractivity contribution in [2.24, 2.45) is 5.73 Å². The van der Waals surface area contributed by atoms with Crippen molar-refractivity contribution in [3.63, 3.8) is 0 Å². The van der Waals surface area contributed by atoms with Gasteiger partial charge in [0.25, 0.3) is 0 Å². The van der Waals surface area contributed by atoms with Gasteiger partial charge >= 0.3 is 5.97 Å². The van der Waals surface area contributed by atoms with Gasteiger partial charge in [0, 0.05) is 12.5 Å². The summed E-state index contributed by atoms with van der Waals surface area (Å²) < 4.78 is 18.4. The number of nitrogens with zero attached hydrogens (tertiary/aromatic N) is 1. The Morgan fingerprint density at radius 1 is 1.67 bits per heavy atom. The molecule has 6 heteroatoms. The van der Waals surface area contributed by atoms with Gasteiger partial charge in [-0.1, -0.05) is 0 Å². The molecule has 0 bridgehead atoms. The van der Waals surface area contributed by atoms with Crippen molar-refractivity contribution in [1.82, 2.24) is 0 Å². The van der Waals surface area contributed by atoms with Gasteiger partial charge in [0.2, 0.25) is 0 Å². The van der Waals surface area contributed by atoms with Gasteiger partial charge < -0.3 is 15.6 Å². The Labute approximate surface area is 104 Å². The third kappa shape index (κ3) is 3.18. The second-order valence-corrected chi connectivity index (χ2v) is 3.73. The molecule has 0 saturated carbocycles. The topological polar surface area (TPSA) is 96.3 Å². The number of nitrogens with two attached hydrogens (primary N) is 1. The first-order chi connectivity index (χ1) is 8.49. The molecule has 18 heavy (non-hydrogen) atoms. The number of halogens is 1. The molecule has 1 atom stereocenters. The lowest BCUT2D eigenvalue weighted by Crippen LogP contribution is -2.13. The van der Waals surface area contributed by atoms with E-state index < -0.39 is 17.8 Å². The molecule has 96 valence electrons. The number of hydrogen-bond acceptors (Lipinski definition) is 4. The van der Waals surface area contributed by atoms with Crippen LogP contribution in [0.3, 0.4) is 0 Å². The summed E-state index contributed by atoms with van der Waals surface area (Å²) in [7, 11) is 1.27. The van der Waals surface area contributed by atoms with Crippen LogP contribution < -0.4 is 10.5 Å². The van der Waals surface area contributed by atoms with E-state index in [4.69, 9.17) is 20.8 Å². The van der Waals surface area contributed by atoms with Crippen molar-refractivity contribution in [3.05, 3.63) is 29.1 Å². The number of benzene rings is 1. The second-order valence-electron chi connectivity index (χ2n) is 3.73. The van der Waals surface area contributed by atoms with Crippen LogP contribution in [0.1, 0.15) is 30.0 Å². The lowest BCUT2D eigenvalue weighted by atomic mass is 10.00. The highest BCUT2D eigenvalue weighted by Crippen LogP contribution is 2.27. The van der Waals surface area contributed by atoms with E-state index in [1.807, 2.05) is 6.07 Å². The van der Waals surface area contributed by atoms with Crippen LogP contribution in [0, 0.1) is 17.1 Å². The van der Waals surface area contributed by atoms with Crippen LogP contribution >= 0.6 is 0 Å². The van der Waals surface area contributed by atoms with Crippen LogP contribution in [0.5, 0.6) is 5.75 Å². The van der Waals surface area contributed by atoms with Crippen molar-refractivity contribution in [2.75, 3.05) is 7.11 Å². The summed E-state index contributed by atoms with van der Waals surface area (Å²) in [5.41, 5.74) is 6.17. The van der Waals surface area contributed by atoms with Crippen molar-refractivity contribution in [3.8, 4) is 11.8 Å². The van der Waals surface area contributed by atoms with E-state index in [1.165, 1.54) is 13.2 Å². The number of nitriles is 1. The summed E-state index contributed by atoms with van der Waals surface area (Å²) >= 11 is 0. The van der Waals surface area contributed by atoms with E-state index in [1.54, 1.807) is 0 Å².